The van der Waals surface area contributed by atoms with Gasteiger partial charge in [0.2, 0.25) is 21.8 Å². The van der Waals surface area contributed by atoms with Crippen molar-refractivity contribution in [2.45, 2.75) is 30.6 Å². The van der Waals surface area contributed by atoms with Gasteiger partial charge in [0.25, 0.3) is 0 Å². The first-order chi connectivity index (χ1) is 12.3. The van der Waals surface area contributed by atoms with E-state index in [0.717, 1.165) is 4.31 Å². The molecule has 0 aromatic heterocycles. The smallest absolute Gasteiger partial charge is 0.303 e. The van der Waals surface area contributed by atoms with Crippen molar-refractivity contribution in [1.82, 2.24) is 9.62 Å². The predicted molar refractivity (Wildman–Crippen MR) is 92.9 cm³/mol. The van der Waals surface area contributed by atoms with Gasteiger partial charge in [-0.15, -0.1) is 0 Å². The number of aliphatic carboxylic acids is 1. The number of carbonyl (C=O) groups excluding carboxylic acids is 2. The second-order valence-corrected chi connectivity index (χ2v) is 7.80. The lowest BCUT2D eigenvalue weighted by molar-refractivity contribution is -0.137. The van der Waals surface area contributed by atoms with Gasteiger partial charge in [-0.1, -0.05) is 6.07 Å². The van der Waals surface area contributed by atoms with E-state index >= 15 is 0 Å². The van der Waals surface area contributed by atoms with Crippen molar-refractivity contribution in [1.29, 1.82) is 0 Å². The molecule has 0 radical (unpaired) electrons. The van der Waals surface area contributed by atoms with Crippen molar-refractivity contribution in [3.05, 3.63) is 24.3 Å². The number of nitrogens with one attached hydrogen (secondary N) is 2. The van der Waals surface area contributed by atoms with Crippen molar-refractivity contribution < 1.29 is 27.9 Å². The van der Waals surface area contributed by atoms with Crippen LogP contribution < -0.4 is 10.6 Å². The molecule has 3 N–H and O–H groups in total. The highest BCUT2D eigenvalue weighted by Gasteiger charge is 2.29. The zero-order valence-electron chi connectivity index (χ0n) is 14.1. The number of unbranched alkanes of at least 4 members (excludes halogenated alkanes) is 1. The highest BCUT2D eigenvalue weighted by Crippen LogP contribution is 2.20. The Morgan fingerprint density at radius 3 is 2.65 bits per heavy atom. The van der Waals surface area contributed by atoms with Crippen LogP contribution in [0.2, 0.25) is 0 Å². The summed E-state index contributed by atoms with van der Waals surface area (Å²) in [5.41, 5.74) is 0.329. The van der Waals surface area contributed by atoms with Crippen LogP contribution in [0.4, 0.5) is 5.69 Å². The monoisotopic (exact) mass is 383 g/mol. The molecule has 2 amide bonds. The number of hydrogen-bond donors (Lipinski definition) is 3. The molecule has 10 heteroatoms. The van der Waals surface area contributed by atoms with E-state index in [0.29, 0.717) is 18.5 Å². The molecule has 1 aliphatic heterocycles. The molecule has 1 aromatic rings. The summed E-state index contributed by atoms with van der Waals surface area (Å²) in [4.78, 5) is 33.7. The lowest BCUT2D eigenvalue weighted by Crippen LogP contribution is -2.49. The van der Waals surface area contributed by atoms with Gasteiger partial charge in [-0.2, -0.15) is 4.31 Å². The van der Waals surface area contributed by atoms with E-state index in [-0.39, 0.29) is 49.2 Å². The highest BCUT2D eigenvalue weighted by molar-refractivity contribution is 7.89. The molecule has 26 heavy (non-hydrogen) atoms. The number of anilines is 1. The van der Waals surface area contributed by atoms with Crippen LogP contribution in [0.5, 0.6) is 0 Å². The number of carbonyl (C=O) groups is 3. The Bertz CT molecular complexity index is 793. The Morgan fingerprint density at radius 2 is 1.96 bits per heavy atom. The van der Waals surface area contributed by atoms with E-state index in [9.17, 15) is 22.8 Å². The van der Waals surface area contributed by atoms with Crippen LogP contribution in [-0.2, 0) is 24.4 Å². The standard InChI is InChI=1S/C16H21N3O6S/c20-14(6-1-2-7-16(22)23)18-12-4-3-5-13(10-12)26(24,25)19-9-8-17-15(21)11-19/h3-5,10H,1-2,6-9,11H2,(H,17,21)(H,18,20)(H,22,23). The summed E-state index contributed by atoms with van der Waals surface area (Å²) in [6, 6.07) is 5.83. The molecule has 9 nitrogen and oxygen atoms in total. The van der Waals surface area contributed by atoms with Crippen LogP contribution in [0.25, 0.3) is 0 Å². The molecule has 2 rings (SSSR count). The molecule has 142 valence electrons. The number of sulfonamides is 1. The topological polar surface area (TPSA) is 133 Å². The molecule has 0 unspecified atom stereocenters. The first-order valence-electron chi connectivity index (χ1n) is 8.17. The average molecular weight is 383 g/mol. The van der Waals surface area contributed by atoms with Gasteiger partial charge in [0.05, 0.1) is 11.4 Å². The summed E-state index contributed by atoms with van der Waals surface area (Å²) in [6.07, 6.45) is 0.980. The molecule has 1 saturated heterocycles. The fourth-order valence-electron chi connectivity index (χ4n) is 2.49. The fourth-order valence-corrected chi connectivity index (χ4v) is 3.93. The maximum absolute atomic E-state index is 12.6. The number of rotatable bonds is 8. The van der Waals surface area contributed by atoms with Crippen LogP contribution in [0, 0.1) is 0 Å². The fraction of sp³-hybridized carbons (Fsp3) is 0.438. The molecule has 1 fully saturated rings. The minimum Gasteiger partial charge on any atom is -0.481 e. The number of hydrogen-bond acceptors (Lipinski definition) is 5. The maximum Gasteiger partial charge on any atom is 0.303 e. The van der Waals surface area contributed by atoms with Gasteiger partial charge in [0.15, 0.2) is 0 Å². The number of benzene rings is 1. The summed E-state index contributed by atoms with van der Waals surface area (Å²) in [7, 11) is -3.83. The van der Waals surface area contributed by atoms with Crippen molar-refractivity contribution in [2.75, 3.05) is 25.0 Å². The molecule has 0 spiro atoms. The van der Waals surface area contributed by atoms with Crippen LogP contribution in [0.15, 0.2) is 29.2 Å². The normalized spacial score (nSPS) is 15.3. The van der Waals surface area contributed by atoms with Crippen molar-refractivity contribution in [2.24, 2.45) is 0 Å². The second kappa shape index (κ2) is 8.77. The Balaban J connectivity index is 1.99. The molecule has 0 atom stereocenters. The van der Waals surface area contributed by atoms with E-state index in [1.807, 2.05) is 0 Å². The summed E-state index contributed by atoms with van der Waals surface area (Å²) in [5.74, 6) is -1.58. The summed E-state index contributed by atoms with van der Waals surface area (Å²) < 4.78 is 26.3. The highest BCUT2D eigenvalue weighted by atomic mass is 32.2. The molecule has 0 aliphatic carbocycles. The van der Waals surface area contributed by atoms with Crippen molar-refractivity contribution in [3.63, 3.8) is 0 Å². The van der Waals surface area contributed by atoms with Gasteiger partial charge < -0.3 is 15.7 Å². The average Bonchev–Trinajstić information content (AvgIpc) is 2.59. The van der Waals surface area contributed by atoms with Crippen LogP contribution in [0.1, 0.15) is 25.7 Å². The van der Waals surface area contributed by atoms with Gasteiger partial charge in [-0.05, 0) is 31.0 Å². The molecule has 0 saturated carbocycles. The molecule has 1 aliphatic rings. The number of carboxylic acids is 1. The van der Waals surface area contributed by atoms with Gasteiger partial charge in [0.1, 0.15) is 0 Å². The van der Waals surface area contributed by atoms with Crippen molar-refractivity contribution in [3.8, 4) is 0 Å². The molecule has 0 bridgehead atoms. The summed E-state index contributed by atoms with van der Waals surface area (Å²) >= 11 is 0. The lowest BCUT2D eigenvalue weighted by atomic mass is 10.2. The minimum absolute atomic E-state index is 0.00382. The molecule has 1 aromatic carbocycles. The Hall–Kier alpha value is -2.46. The zero-order valence-corrected chi connectivity index (χ0v) is 14.9. The Morgan fingerprint density at radius 1 is 1.23 bits per heavy atom. The molecular weight excluding hydrogens is 362 g/mol. The SMILES string of the molecule is O=C(O)CCCCC(=O)Nc1cccc(S(=O)(=O)N2CCNC(=O)C2)c1. The van der Waals surface area contributed by atoms with Crippen LogP contribution >= 0.6 is 0 Å². The third kappa shape index (κ3) is 5.53. The molecule has 1 heterocycles. The second-order valence-electron chi connectivity index (χ2n) is 5.87. The predicted octanol–water partition coefficient (Wildman–Crippen LogP) is 0.391. The third-order valence-corrected chi connectivity index (χ3v) is 5.64. The first-order valence-corrected chi connectivity index (χ1v) is 9.61. The van der Waals surface area contributed by atoms with Crippen molar-refractivity contribution >= 4 is 33.5 Å². The number of carboxylic acid groups (broad SMARTS) is 1. The van der Waals surface area contributed by atoms with E-state index < -0.39 is 16.0 Å². The van der Waals surface area contributed by atoms with E-state index in [1.165, 1.54) is 18.2 Å². The third-order valence-electron chi connectivity index (χ3n) is 3.80. The van der Waals surface area contributed by atoms with Crippen LogP contribution in [0.3, 0.4) is 0 Å². The quantitative estimate of drug-likeness (QED) is 0.556. The first kappa shape index (κ1) is 19.9. The maximum atomic E-state index is 12.6. The summed E-state index contributed by atoms with van der Waals surface area (Å²) in [5, 5.41) is 13.7. The van der Waals surface area contributed by atoms with Gasteiger partial charge in [-0.25, -0.2) is 8.42 Å². The molecular formula is C16H21N3O6S. The van der Waals surface area contributed by atoms with E-state index in [4.69, 9.17) is 5.11 Å². The lowest BCUT2D eigenvalue weighted by Gasteiger charge is -2.26. The van der Waals surface area contributed by atoms with Crippen LogP contribution in [-0.4, -0.2) is 55.2 Å². The van der Waals surface area contributed by atoms with E-state index in [1.54, 1.807) is 6.07 Å². The minimum atomic E-state index is -3.83. The van der Waals surface area contributed by atoms with E-state index in [2.05, 4.69) is 10.6 Å². The summed E-state index contributed by atoms with van der Waals surface area (Å²) in [6.45, 7) is 0.210. The van der Waals surface area contributed by atoms with Gasteiger partial charge in [-0.3, -0.25) is 14.4 Å². The number of amides is 2. The zero-order chi connectivity index (χ0) is 19.2. The Kier molecular flexibility index (Phi) is 6.70. The Labute approximate surface area is 151 Å². The number of piperazine rings is 1. The van der Waals surface area contributed by atoms with Gasteiger partial charge in [0, 0.05) is 31.6 Å². The van der Waals surface area contributed by atoms with Gasteiger partial charge >= 0.3 is 5.97 Å². The largest absolute Gasteiger partial charge is 0.481 e. The number of nitrogens with zero attached hydrogens (tertiary/aromatic N) is 1.